The van der Waals surface area contributed by atoms with Gasteiger partial charge in [0.25, 0.3) is 25.9 Å². The molecule has 0 rings (SSSR count). The molecule has 0 aromatic carbocycles. The summed E-state index contributed by atoms with van der Waals surface area (Å²) in [7, 11) is 0. The smallest absolute Gasteiger partial charge is 0.293 e. The zero-order valence-corrected chi connectivity index (χ0v) is 13.8. The molecular formula is C16H24O8. The second kappa shape index (κ2) is 20.4. The lowest BCUT2D eigenvalue weighted by Gasteiger charge is -2.02. The van der Waals surface area contributed by atoms with E-state index in [1.807, 2.05) is 6.92 Å². The topological polar surface area (TPSA) is 105 Å². The molecule has 0 N–H and O–H groups in total. The van der Waals surface area contributed by atoms with Crippen molar-refractivity contribution in [2.75, 3.05) is 26.4 Å². The lowest BCUT2D eigenvalue weighted by Crippen LogP contribution is -1.97. The highest BCUT2D eigenvalue weighted by molar-refractivity contribution is 5.38. The van der Waals surface area contributed by atoms with Crippen LogP contribution in [0, 0.1) is 0 Å². The Bertz CT molecular complexity index is 374. The molecule has 24 heavy (non-hydrogen) atoms. The van der Waals surface area contributed by atoms with E-state index in [4.69, 9.17) is 0 Å². The first-order chi connectivity index (χ1) is 11.6. The molecule has 8 heteroatoms. The zero-order valence-electron chi connectivity index (χ0n) is 13.8. The summed E-state index contributed by atoms with van der Waals surface area (Å²) < 4.78 is 17.8. The molecule has 0 unspecified atom stereocenters. The molecule has 0 heterocycles. The van der Waals surface area contributed by atoms with Crippen molar-refractivity contribution in [1.82, 2.24) is 0 Å². The highest BCUT2D eigenvalue weighted by Crippen LogP contribution is 2.03. The molecular weight excluding hydrogens is 320 g/mol. The minimum atomic E-state index is 0.274. The van der Waals surface area contributed by atoms with Crippen LogP contribution in [0.4, 0.5) is 0 Å². The molecule has 0 saturated heterocycles. The summed E-state index contributed by atoms with van der Waals surface area (Å²) in [6, 6.07) is 0. The van der Waals surface area contributed by atoms with Crippen LogP contribution in [0.25, 0.3) is 0 Å². The number of ether oxygens (including phenoxy) is 4. The van der Waals surface area contributed by atoms with E-state index < -0.39 is 0 Å². The summed E-state index contributed by atoms with van der Waals surface area (Å²) in [5.74, 6) is 0. The van der Waals surface area contributed by atoms with E-state index in [0.29, 0.717) is 65.0 Å². The van der Waals surface area contributed by atoms with Crippen LogP contribution in [-0.4, -0.2) is 52.3 Å². The number of hydrogen-bond acceptors (Lipinski definition) is 8. The molecule has 0 aliphatic rings. The first-order valence-electron chi connectivity index (χ1n) is 7.15. The van der Waals surface area contributed by atoms with Gasteiger partial charge in [0.15, 0.2) is 0 Å². The molecule has 8 nitrogen and oxygen atoms in total. The summed E-state index contributed by atoms with van der Waals surface area (Å²) >= 11 is 0. The first-order valence-corrected chi connectivity index (χ1v) is 7.15. The van der Waals surface area contributed by atoms with E-state index in [2.05, 4.69) is 25.5 Å². The standard InChI is InChI=1S/2C8H12O4/c2*1-8(2-4-11-6-9)3-5-12-7-10/h2,6-7H,3-5H2,1H3;6-7H,1-5H2/b8-2+;. The van der Waals surface area contributed by atoms with Crippen LogP contribution in [0.3, 0.4) is 0 Å². The van der Waals surface area contributed by atoms with Gasteiger partial charge in [0.05, 0.1) is 19.8 Å². The fraction of sp³-hybridized carbons (Fsp3) is 0.500. The van der Waals surface area contributed by atoms with Crippen molar-refractivity contribution in [3.63, 3.8) is 0 Å². The molecule has 0 aliphatic heterocycles. The summed E-state index contributed by atoms with van der Waals surface area (Å²) in [4.78, 5) is 38.9. The van der Waals surface area contributed by atoms with Crippen LogP contribution in [0.15, 0.2) is 23.8 Å². The third kappa shape index (κ3) is 21.7. The molecule has 0 radical (unpaired) electrons. The number of carbonyl (C=O) groups excluding carboxylic acids is 4. The maximum absolute atomic E-state index is 9.73. The van der Waals surface area contributed by atoms with E-state index in [-0.39, 0.29) is 6.61 Å². The van der Waals surface area contributed by atoms with Crippen molar-refractivity contribution >= 4 is 25.9 Å². The second-order valence-corrected chi connectivity index (χ2v) is 4.38. The highest BCUT2D eigenvalue weighted by Gasteiger charge is 1.94. The summed E-state index contributed by atoms with van der Waals surface area (Å²) in [5, 5.41) is 0. The van der Waals surface area contributed by atoms with Gasteiger partial charge in [-0.2, -0.15) is 0 Å². The zero-order chi connectivity index (χ0) is 18.5. The Morgan fingerprint density at radius 2 is 1.17 bits per heavy atom. The van der Waals surface area contributed by atoms with Crippen molar-refractivity contribution in [3.8, 4) is 0 Å². The Kier molecular flexibility index (Phi) is 20.0. The molecule has 0 atom stereocenters. The van der Waals surface area contributed by atoms with Crippen molar-refractivity contribution in [2.45, 2.75) is 26.2 Å². The Balaban J connectivity index is 0. The molecule has 136 valence electrons. The van der Waals surface area contributed by atoms with Gasteiger partial charge < -0.3 is 18.9 Å². The highest BCUT2D eigenvalue weighted by atomic mass is 16.5. The van der Waals surface area contributed by atoms with Gasteiger partial charge in [0.1, 0.15) is 6.61 Å². The predicted octanol–water partition coefficient (Wildman–Crippen LogP) is 1.34. The van der Waals surface area contributed by atoms with Gasteiger partial charge in [-0.15, -0.1) is 0 Å². The third-order valence-electron chi connectivity index (χ3n) is 2.56. The Morgan fingerprint density at radius 1 is 0.750 bits per heavy atom. The molecule has 0 saturated carbocycles. The van der Waals surface area contributed by atoms with Crippen LogP contribution >= 0.6 is 0 Å². The third-order valence-corrected chi connectivity index (χ3v) is 2.56. The minimum Gasteiger partial charge on any atom is -0.468 e. The van der Waals surface area contributed by atoms with E-state index >= 15 is 0 Å². The average Bonchev–Trinajstić information content (AvgIpc) is 2.56. The molecule has 0 aliphatic carbocycles. The van der Waals surface area contributed by atoms with Crippen LogP contribution in [0.1, 0.15) is 26.2 Å². The summed E-state index contributed by atoms with van der Waals surface area (Å²) in [5.41, 5.74) is 1.93. The van der Waals surface area contributed by atoms with Gasteiger partial charge in [-0.25, -0.2) is 0 Å². The predicted molar refractivity (Wildman–Crippen MR) is 84.8 cm³/mol. The lowest BCUT2D eigenvalue weighted by molar-refractivity contribution is -0.129. The quantitative estimate of drug-likeness (QED) is 0.190. The van der Waals surface area contributed by atoms with E-state index in [0.717, 1.165) is 11.1 Å². The van der Waals surface area contributed by atoms with Gasteiger partial charge in [-0.1, -0.05) is 17.7 Å². The van der Waals surface area contributed by atoms with Gasteiger partial charge >= 0.3 is 0 Å². The van der Waals surface area contributed by atoms with Crippen LogP contribution in [-0.2, 0) is 38.1 Å². The SMILES string of the molecule is C/C(=C\COC=O)CCOC=O.C=C(CCOC=O)CCOC=O. The molecule has 0 aromatic heterocycles. The fourth-order valence-corrected chi connectivity index (χ4v) is 1.23. The maximum Gasteiger partial charge on any atom is 0.293 e. The Labute approximate surface area is 141 Å². The van der Waals surface area contributed by atoms with Gasteiger partial charge in [0.2, 0.25) is 0 Å². The van der Waals surface area contributed by atoms with Gasteiger partial charge in [-0.05, 0) is 13.0 Å². The molecule has 0 aromatic rings. The number of rotatable bonds is 15. The van der Waals surface area contributed by atoms with Gasteiger partial charge in [0, 0.05) is 19.3 Å². The average molecular weight is 344 g/mol. The monoisotopic (exact) mass is 344 g/mol. The molecule has 0 fully saturated rings. The summed E-state index contributed by atoms with van der Waals surface area (Å²) in [6.07, 6.45) is 3.66. The number of carbonyl (C=O) groups is 4. The lowest BCUT2D eigenvalue weighted by atomic mass is 10.2. The van der Waals surface area contributed by atoms with Crippen molar-refractivity contribution in [3.05, 3.63) is 23.8 Å². The molecule has 0 amide bonds. The molecule has 0 spiro atoms. The van der Waals surface area contributed by atoms with E-state index in [1.165, 1.54) is 0 Å². The first kappa shape index (κ1) is 23.6. The van der Waals surface area contributed by atoms with Crippen LogP contribution in [0.2, 0.25) is 0 Å². The number of hydrogen-bond donors (Lipinski definition) is 0. The van der Waals surface area contributed by atoms with Crippen LogP contribution in [0.5, 0.6) is 0 Å². The van der Waals surface area contributed by atoms with E-state index in [9.17, 15) is 19.2 Å². The van der Waals surface area contributed by atoms with Gasteiger partial charge in [-0.3, -0.25) is 19.2 Å². The normalized spacial score (nSPS) is 9.62. The summed E-state index contributed by atoms with van der Waals surface area (Å²) in [6.45, 7) is 8.50. The van der Waals surface area contributed by atoms with Crippen LogP contribution < -0.4 is 0 Å². The Morgan fingerprint density at radius 3 is 1.58 bits per heavy atom. The van der Waals surface area contributed by atoms with E-state index in [1.54, 1.807) is 6.08 Å². The fourth-order valence-electron chi connectivity index (χ4n) is 1.23. The van der Waals surface area contributed by atoms with Crippen molar-refractivity contribution in [2.24, 2.45) is 0 Å². The van der Waals surface area contributed by atoms with Crippen molar-refractivity contribution in [1.29, 1.82) is 0 Å². The molecule has 0 bridgehead atoms. The maximum atomic E-state index is 9.73. The second-order valence-electron chi connectivity index (χ2n) is 4.38. The Hall–Kier alpha value is -2.64. The van der Waals surface area contributed by atoms with Crippen molar-refractivity contribution < 1.29 is 38.1 Å². The minimum absolute atomic E-state index is 0.274. The largest absolute Gasteiger partial charge is 0.468 e.